The maximum atomic E-state index is 12.4. The SMILES string of the molecule is CNS(=O)(=O)c1ccc(-c2ccc(C(=O)N[C@@H]3C[C@H]4CC[C@@H]3N4)o2)cc1. The van der Waals surface area contributed by atoms with Crippen LogP contribution in [0.1, 0.15) is 29.8 Å². The first-order valence-electron chi connectivity index (χ1n) is 8.67. The number of carbonyl (C=O) groups is 1. The van der Waals surface area contributed by atoms with Crippen molar-refractivity contribution in [3.8, 4) is 11.3 Å². The van der Waals surface area contributed by atoms with E-state index in [1.807, 2.05) is 0 Å². The standard InChI is InChI=1S/C18H21N3O4S/c1-19-26(23,24)13-5-2-11(3-6-13)16-8-9-17(25-16)18(22)21-15-10-12-4-7-14(15)20-12/h2-3,5-6,8-9,12,14-15,19-20H,4,7,10H2,1H3,(H,21,22)/t12-,14+,15-/m1/s1. The predicted octanol–water partition coefficient (Wildman–Crippen LogP) is 1.48. The normalized spacial score (nSPS) is 24.7. The van der Waals surface area contributed by atoms with E-state index < -0.39 is 10.0 Å². The topological polar surface area (TPSA) is 100 Å². The average Bonchev–Trinajstić information content (AvgIpc) is 3.38. The van der Waals surface area contributed by atoms with Crippen LogP contribution in [0.4, 0.5) is 0 Å². The van der Waals surface area contributed by atoms with Gasteiger partial charge < -0.3 is 15.1 Å². The minimum atomic E-state index is -3.47. The lowest BCUT2D eigenvalue weighted by molar-refractivity contribution is 0.0903. The molecule has 0 aliphatic carbocycles. The molecule has 1 amide bonds. The number of benzene rings is 1. The Bertz CT molecular complexity index is 920. The van der Waals surface area contributed by atoms with Crippen LogP contribution in [0.25, 0.3) is 11.3 Å². The van der Waals surface area contributed by atoms with Crippen molar-refractivity contribution in [3.05, 3.63) is 42.2 Å². The predicted molar refractivity (Wildman–Crippen MR) is 96.2 cm³/mol. The Balaban J connectivity index is 1.46. The molecule has 2 aliphatic heterocycles. The highest BCUT2D eigenvalue weighted by Crippen LogP contribution is 2.29. The lowest BCUT2D eigenvalue weighted by atomic mass is 9.95. The molecular formula is C18H21N3O4S. The molecule has 2 aromatic rings. The van der Waals surface area contributed by atoms with Gasteiger partial charge in [-0.3, -0.25) is 4.79 Å². The molecule has 138 valence electrons. The fourth-order valence-corrected chi connectivity index (χ4v) is 4.48. The molecule has 0 spiro atoms. The van der Waals surface area contributed by atoms with Crippen molar-refractivity contribution < 1.29 is 17.6 Å². The molecule has 0 unspecified atom stereocenters. The average molecular weight is 375 g/mol. The van der Waals surface area contributed by atoms with Crippen molar-refractivity contribution in [1.82, 2.24) is 15.4 Å². The van der Waals surface area contributed by atoms with Gasteiger partial charge >= 0.3 is 0 Å². The maximum absolute atomic E-state index is 12.4. The molecule has 0 saturated carbocycles. The molecule has 1 aromatic heterocycles. The summed E-state index contributed by atoms with van der Waals surface area (Å²) in [6.45, 7) is 0. The minimum Gasteiger partial charge on any atom is -0.451 e. The van der Waals surface area contributed by atoms with E-state index >= 15 is 0 Å². The lowest BCUT2D eigenvalue weighted by Crippen LogP contribution is -2.42. The highest BCUT2D eigenvalue weighted by molar-refractivity contribution is 7.89. The third kappa shape index (κ3) is 3.15. The number of rotatable bonds is 5. The van der Waals surface area contributed by atoms with Crippen molar-refractivity contribution >= 4 is 15.9 Å². The maximum Gasteiger partial charge on any atom is 0.287 e. The highest BCUT2D eigenvalue weighted by atomic mass is 32.2. The van der Waals surface area contributed by atoms with Gasteiger partial charge in [0, 0.05) is 23.7 Å². The third-order valence-electron chi connectivity index (χ3n) is 5.16. The van der Waals surface area contributed by atoms with E-state index in [4.69, 9.17) is 4.42 Å². The van der Waals surface area contributed by atoms with E-state index in [0.29, 0.717) is 23.4 Å². The van der Waals surface area contributed by atoms with Crippen molar-refractivity contribution in [3.63, 3.8) is 0 Å². The molecule has 2 bridgehead atoms. The molecule has 8 heteroatoms. The molecule has 0 radical (unpaired) electrons. The quantitative estimate of drug-likeness (QED) is 0.735. The van der Waals surface area contributed by atoms with Crippen LogP contribution in [-0.4, -0.2) is 39.5 Å². The van der Waals surface area contributed by atoms with E-state index in [2.05, 4.69) is 15.4 Å². The Kier molecular flexibility index (Phi) is 4.34. The smallest absolute Gasteiger partial charge is 0.287 e. The Hall–Kier alpha value is -2.16. The Morgan fingerprint density at radius 1 is 1.15 bits per heavy atom. The van der Waals surface area contributed by atoms with Crippen molar-refractivity contribution in [1.29, 1.82) is 0 Å². The van der Waals surface area contributed by atoms with Gasteiger partial charge in [-0.05, 0) is 62.7 Å². The van der Waals surface area contributed by atoms with Gasteiger partial charge in [0.1, 0.15) is 5.76 Å². The fourth-order valence-electron chi connectivity index (χ4n) is 3.75. The first kappa shape index (κ1) is 17.3. The molecule has 26 heavy (non-hydrogen) atoms. The van der Waals surface area contributed by atoms with Crippen LogP contribution in [-0.2, 0) is 10.0 Å². The van der Waals surface area contributed by atoms with E-state index in [0.717, 1.165) is 12.8 Å². The minimum absolute atomic E-state index is 0.154. The Morgan fingerprint density at radius 3 is 2.54 bits per heavy atom. The largest absolute Gasteiger partial charge is 0.451 e. The fraction of sp³-hybridized carbons (Fsp3) is 0.389. The second kappa shape index (κ2) is 6.53. The summed E-state index contributed by atoms with van der Waals surface area (Å²) in [6, 6.07) is 10.7. The zero-order valence-electron chi connectivity index (χ0n) is 14.4. The molecular weight excluding hydrogens is 354 g/mol. The molecule has 2 aliphatic rings. The van der Waals surface area contributed by atoms with Crippen LogP contribution in [0.15, 0.2) is 45.7 Å². The summed E-state index contributed by atoms with van der Waals surface area (Å²) in [7, 11) is -2.11. The van der Waals surface area contributed by atoms with Gasteiger partial charge in [-0.25, -0.2) is 13.1 Å². The Labute approximate surface area is 152 Å². The molecule has 3 atom stereocenters. The number of amides is 1. The van der Waals surface area contributed by atoms with Crippen LogP contribution in [0.5, 0.6) is 0 Å². The summed E-state index contributed by atoms with van der Waals surface area (Å²) in [5.74, 6) is 0.564. The second-order valence-corrected chi connectivity index (χ2v) is 8.65. The Morgan fingerprint density at radius 2 is 1.92 bits per heavy atom. The van der Waals surface area contributed by atoms with Gasteiger partial charge in [-0.15, -0.1) is 0 Å². The van der Waals surface area contributed by atoms with Crippen molar-refractivity contribution in [2.45, 2.75) is 42.3 Å². The van der Waals surface area contributed by atoms with Gasteiger partial charge in [0.15, 0.2) is 5.76 Å². The summed E-state index contributed by atoms with van der Waals surface area (Å²) in [4.78, 5) is 12.6. The summed E-state index contributed by atoms with van der Waals surface area (Å²) >= 11 is 0. The zero-order valence-corrected chi connectivity index (χ0v) is 15.2. The molecule has 4 rings (SSSR count). The van der Waals surface area contributed by atoms with Crippen molar-refractivity contribution in [2.75, 3.05) is 7.05 Å². The number of fused-ring (bicyclic) bond motifs is 2. The summed E-state index contributed by atoms with van der Waals surface area (Å²) in [5.41, 5.74) is 0.709. The molecule has 3 heterocycles. The number of hydrogen-bond acceptors (Lipinski definition) is 5. The lowest BCUT2D eigenvalue weighted by Gasteiger charge is -2.20. The van der Waals surface area contributed by atoms with Crippen LogP contribution in [0.3, 0.4) is 0 Å². The van der Waals surface area contributed by atoms with E-state index in [1.165, 1.54) is 25.6 Å². The highest BCUT2D eigenvalue weighted by Gasteiger charge is 2.39. The molecule has 2 saturated heterocycles. The van der Waals surface area contributed by atoms with E-state index in [9.17, 15) is 13.2 Å². The summed E-state index contributed by atoms with van der Waals surface area (Å²) < 4.78 is 31.5. The number of hydrogen-bond donors (Lipinski definition) is 3. The van der Waals surface area contributed by atoms with Gasteiger partial charge in [-0.1, -0.05) is 0 Å². The molecule has 1 aromatic carbocycles. The first-order chi connectivity index (χ1) is 12.5. The number of furan rings is 1. The van der Waals surface area contributed by atoms with Crippen LogP contribution in [0, 0.1) is 0 Å². The van der Waals surface area contributed by atoms with Gasteiger partial charge in [0.25, 0.3) is 5.91 Å². The summed E-state index contributed by atoms with van der Waals surface area (Å²) in [6.07, 6.45) is 3.24. The number of sulfonamides is 1. The van der Waals surface area contributed by atoms with Gasteiger partial charge in [-0.2, -0.15) is 0 Å². The second-order valence-electron chi connectivity index (χ2n) is 6.76. The van der Waals surface area contributed by atoms with Crippen LogP contribution in [0.2, 0.25) is 0 Å². The monoisotopic (exact) mass is 375 g/mol. The van der Waals surface area contributed by atoms with E-state index in [-0.39, 0.29) is 22.6 Å². The number of carbonyl (C=O) groups excluding carboxylic acids is 1. The van der Waals surface area contributed by atoms with Gasteiger partial charge in [0.2, 0.25) is 10.0 Å². The zero-order chi connectivity index (χ0) is 18.3. The molecule has 2 fully saturated rings. The molecule has 3 N–H and O–H groups in total. The molecule has 7 nitrogen and oxygen atoms in total. The first-order valence-corrected chi connectivity index (χ1v) is 10.2. The third-order valence-corrected chi connectivity index (χ3v) is 6.59. The number of nitrogens with one attached hydrogen (secondary N) is 3. The van der Waals surface area contributed by atoms with Crippen molar-refractivity contribution in [2.24, 2.45) is 0 Å². The van der Waals surface area contributed by atoms with Crippen LogP contribution >= 0.6 is 0 Å². The van der Waals surface area contributed by atoms with Crippen LogP contribution < -0.4 is 15.4 Å². The van der Waals surface area contributed by atoms with Gasteiger partial charge in [0.05, 0.1) is 4.90 Å². The van der Waals surface area contributed by atoms with E-state index in [1.54, 1.807) is 24.3 Å². The summed E-state index contributed by atoms with van der Waals surface area (Å²) in [5, 5.41) is 6.53.